The molecule has 2 unspecified atom stereocenters. The van der Waals surface area contributed by atoms with Crippen LogP contribution >= 0.6 is 11.8 Å². The van der Waals surface area contributed by atoms with E-state index in [1.54, 1.807) is 6.92 Å². The summed E-state index contributed by atoms with van der Waals surface area (Å²) in [6, 6.07) is 0. The molecule has 1 aliphatic heterocycles. The second-order valence-electron chi connectivity index (χ2n) is 2.60. The topological polar surface area (TPSA) is 53.8 Å². The van der Waals surface area contributed by atoms with Gasteiger partial charge in [-0.3, -0.25) is 4.79 Å². The second-order valence-corrected chi connectivity index (χ2v) is 3.91. The Labute approximate surface area is 75.8 Å². The van der Waals surface area contributed by atoms with E-state index in [9.17, 15) is 10.0 Å². The molecule has 1 saturated heterocycles. The lowest BCUT2D eigenvalue weighted by Crippen LogP contribution is -3.10. The Morgan fingerprint density at radius 3 is 3.17 bits per heavy atom. The van der Waals surface area contributed by atoms with Crippen molar-refractivity contribution in [1.82, 2.24) is 0 Å². The van der Waals surface area contributed by atoms with Crippen LogP contribution in [0.15, 0.2) is 0 Å². The van der Waals surface area contributed by atoms with E-state index >= 15 is 0 Å². The van der Waals surface area contributed by atoms with Crippen molar-refractivity contribution >= 4 is 17.7 Å². The Morgan fingerprint density at radius 1 is 1.83 bits per heavy atom. The first-order valence-electron chi connectivity index (χ1n) is 4.04. The summed E-state index contributed by atoms with van der Waals surface area (Å²) in [5.74, 6) is 0.512. The Kier molecular flexibility index (Phi) is 3.84. The summed E-state index contributed by atoms with van der Waals surface area (Å²) in [6.45, 7) is 3.11. The maximum absolute atomic E-state index is 11.1. The Balaban J connectivity index is 2.35. The summed E-state index contributed by atoms with van der Waals surface area (Å²) in [5.41, 5.74) is 0. The average Bonchev–Trinajstić information content (AvgIpc) is 2.05. The highest BCUT2D eigenvalue weighted by atomic mass is 32.2. The van der Waals surface area contributed by atoms with E-state index in [2.05, 4.69) is 0 Å². The van der Waals surface area contributed by atoms with Gasteiger partial charge in [0.1, 0.15) is 0 Å². The van der Waals surface area contributed by atoms with Crippen LogP contribution in [0.4, 0.5) is 0 Å². The number of ether oxygens (including phenoxy) is 1. The lowest BCUT2D eigenvalue weighted by molar-refractivity contribution is -0.845. The van der Waals surface area contributed by atoms with Crippen LogP contribution in [-0.4, -0.2) is 36.7 Å². The highest BCUT2D eigenvalue weighted by molar-refractivity contribution is 8.00. The van der Waals surface area contributed by atoms with Crippen LogP contribution < -0.4 is 5.06 Å². The second kappa shape index (κ2) is 4.69. The van der Waals surface area contributed by atoms with Crippen molar-refractivity contribution in [2.24, 2.45) is 0 Å². The Morgan fingerprint density at radius 2 is 2.58 bits per heavy atom. The molecule has 70 valence electrons. The number of quaternary nitrogens is 1. The smallest absolute Gasteiger partial charge is 0.324 e. The van der Waals surface area contributed by atoms with Gasteiger partial charge in [0.15, 0.2) is 5.25 Å². The van der Waals surface area contributed by atoms with E-state index in [4.69, 9.17) is 4.74 Å². The van der Waals surface area contributed by atoms with Gasteiger partial charge in [0, 0.05) is 5.75 Å². The minimum absolute atomic E-state index is 0.173. The first-order chi connectivity index (χ1) is 5.74. The van der Waals surface area contributed by atoms with Gasteiger partial charge in [-0.2, -0.15) is 0 Å². The first-order valence-corrected chi connectivity index (χ1v) is 5.09. The number of thioether (sulfide) groups is 1. The summed E-state index contributed by atoms with van der Waals surface area (Å²) >= 11 is 1.52. The molecule has 0 saturated carbocycles. The predicted molar refractivity (Wildman–Crippen MR) is 46.9 cm³/mol. The molecule has 4 nitrogen and oxygen atoms in total. The van der Waals surface area contributed by atoms with Gasteiger partial charge >= 0.3 is 5.97 Å². The van der Waals surface area contributed by atoms with Gasteiger partial charge in [-0.1, -0.05) is 0 Å². The summed E-state index contributed by atoms with van der Waals surface area (Å²) in [7, 11) is 0. The van der Waals surface area contributed by atoms with Gasteiger partial charge in [-0.15, -0.1) is 11.8 Å². The fraction of sp³-hybridized carbons (Fsp3) is 0.857. The predicted octanol–water partition coefficient (Wildman–Crippen LogP) is -0.952. The third kappa shape index (κ3) is 2.66. The van der Waals surface area contributed by atoms with Crippen LogP contribution in [0.3, 0.4) is 0 Å². The molecule has 0 aliphatic carbocycles. The maximum atomic E-state index is 11.1. The molecule has 1 heterocycles. The number of carbonyl (C=O) groups is 1. The normalized spacial score (nSPS) is 29.8. The maximum Gasteiger partial charge on any atom is 0.324 e. The van der Waals surface area contributed by atoms with Crippen LogP contribution in [0.1, 0.15) is 6.92 Å². The van der Waals surface area contributed by atoms with Gasteiger partial charge < -0.3 is 15.0 Å². The quantitative estimate of drug-likeness (QED) is 0.451. The third-order valence-corrected chi connectivity index (χ3v) is 2.86. The zero-order chi connectivity index (χ0) is 8.97. The number of esters is 1. The molecular weight excluding hydrogens is 178 g/mol. The number of rotatable bonds is 2. The van der Waals surface area contributed by atoms with E-state index in [-0.39, 0.29) is 16.3 Å². The van der Waals surface area contributed by atoms with Crippen molar-refractivity contribution in [3.8, 4) is 0 Å². The number of carbonyl (C=O) groups excluding carboxylic acids is 1. The van der Waals surface area contributed by atoms with Crippen LogP contribution in [-0.2, 0) is 9.53 Å². The van der Waals surface area contributed by atoms with Crippen LogP contribution in [0.25, 0.3) is 0 Å². The van der Waals surface area contributed by atoms with Crippen molar-refractivity contribution in [2.45, 2.75) is 12.2 Å². The monoisotopic (exact) mass is 191 g/mol. The SMILES string of the molecule is CCOC(=O)C1C[NH+]([O-])CCS1. The van der Waals surface area contributed by atoms with Gasteiger partial charge in [-0.25, -0.2) is 0 Å². The van der Waals surface area contributed by atoms with Crippen molar-refractivity contribution in [3.63, 3.8) is 0 Å². The van der Waals surface area contributed by atoms with Crippen molar-refractivity contribution < 1.29 is 14.6 Å². The molecule has 0 aromatic carbocycles. The number of nitrogens with one attached hydrogen (secondary N) is 1. The molecule has 0 bridgehead atoms. The zero-order valence-electron chi connectivity index (χ0n) is 7.04. The highest BCUT2D eigenvalue weighted by Crippen LogP contribution is 2.12. The molecule has 1 fully saturated rings. The largest absolute Gasteiger partial charge is 0.634 e. The van der Waals surface area contributed by atoms with Gasteiger partial charge in [0.2, 0.25) is 0 Å². The standard InChI is InChI=1S/C7H13NO3S/c1-2-11-7(9)6-5-8(10)3-4-12-6/h6,8H,2-5H2,1H3. The molecule has 0 radical (unpaired) electrons. The Hall–Kier alpha value is -0.260. The third-order valence-electron chi connectivity index (χ3n) is 1.66. The Bertz CT molecular complexity index is 165. The van der Waals surface area contributed by atoms with Crippen molar-refractivity contribution in [2.75, 3.05) is 25.4 Å². The lowest BCUT2D eigenvalue weighted by atomic mass is 10.4. The van der Waals surface area contributed by atoms with E-state index < -0.39 is 0 Å². The van der Waals surface area contributed by atoms with Crippen LogP contribution in [0.2, 0.25) is 0 Å². The fourth-order valence-electron chi connectivity index (χ4n) is 1.07. The van der Waals surface area contributed by atoms with E-state index in [0.717, 1.165) is 5.75 Å². The number of hydrogen-bond acceptors (Lipinski definition) is 4. The molecular formula is C7H13NO3S. The summed E-state index contributed by atoms with van der Waals surface area (Å²) < 4.78 is 4.82. The van der Waals surface area contributed by atoms with Crippen LogP contribution in [0.5, 0.6) is 0 Å². The fourth-order valence-corrected chi connectivity index (χ4v) is 2.21. The van der Waals surface area contributed by atoms with E-state index in [0.29, 0.717) is 19.7 Å². The molecule has 12 heavy (non-hydrogen) atoms. The highest BCUT2D eigenvalue weighted by Gasteiger charge is 2.26. The molecule has 0 aromatic heterocycles. The molecule has 1 aliphatic rings. The van der Waals surface area contributed by atoms with E-state index in [1.807, 2.05) is 0 Å². The van der Waals surface area contributed by atoms with Gasteiger partial charge in [-0.05, 0) is 6.92 Å². The summed E-state index contributed by atoms with van der Waals surface area (Å²) in [4.78, 5) is 11.1. The van der Waals surface area contributed by atoms with Crippen LogP contribution in [0, 0.1) is 5.21 Å². The molecule has 1 rings (SSSR count). The molecule has 0 amide bonds. The van der Waals surface area contributed by atoms with E-state index in [1.165, 1.54) is 11.8 Å². The lowest BCUT2D eigenvalue weighted by Gasteiger charge is -2.30. The van der Waals surface area contributed by atoms with Crippen molar-refractivity contribution in [3.05, 3.63) is 5.21 Å². The molecule has 0 spiro atoms. The molecule has 0 aromatic rings. The van der Waals surface area contributed by atoms with Gasteiger partial charge in [0.05, 0.1) is 19.7 Å². The minimum Gasteiger partial charge on any atom is -0.634 e. The minimum atomic E-state index is -0.244. The van der Waals surface area contributed by atoms with Crippen molar-refractivity contribution in [1.29, 1.82) is 0 Å². The molecule has 5 heteroatoms. The zero-order valence-corrected chi connectivity index (χ0v) is 7.86. The van der Waals surface area contributed by atoms with Gasteiger partial charge in [0.25, 0.3) is 0 Å². The average molecular weight is 191 g/mol. The molecule has 2 atom stereocenters. The summed E-state index contributed by atoms with van der Waals surface area (Å²) in [6.07, 6.45) is 0. The number of hydrogen-bond donors (Lipinski definition) is 1. The summed E-state index contributed by atoms with van der Waals surface area (Å²) in [5, 5.41) is 10.9. The molecule has 1 N–H and O–H groups in total. The number of hydroxylamine groups is 2. The first kappa shape index (κ1) is 9.83.